The molecule has 0 spiro atoms. The van der Waals surface area contributed by atoms with Gasteiger partial charge in [-0.1, -0.05) is 12.1 Å². The number of likely N-dealkylation sites (tertiary alicyclic amines) is 1. The van der Waals surface area contributed by atoms with Crippen molar-refractivity contribution in [2.24, 2.45) is 0 Å². The van der Waals surface area contributed by atoms with Crippen molar-refractivity contribution in [3.8, 4) is 0 Å². The minimum absolute atomic E-state index is 0.104. The lowest BCUT2D eigenvalue weighted by Crippen LogP contribution is -2.35. The van der Waals surface area contributed by atoms with Crippen LogP contribution in [0.25, 0.3) is 6.08 Å². The molecule has 0 amide bonds. The molecule has 0 unspecified atom stereocenters. The predicted molar refractivity (Wildman–Crippen MR) is 70.9 cm³/mol. The SMILES string of the molecule is FC(F)(F)/C(=C\c1cccc(C(F)(F)F)c1)N1CCCCC1. The Morgan fingerprint density at radius 2 is 1.59 bits per heavy atom. The molecule has 0 N–H and O–H groups in total. The fraction of sp³-hybridized carbons (Fsp3) is 0.467. The van der Waals surface area contributed by atoms with Gasteiger partial charge in [-0.2, -0.15) is 26.3 Å². The van der Waals surface area contributed by atoms with E-state index in [9.17, 15) is 26.3 Å². The summed E-state index contributed by atoms with van der Waals surface area (Å²) in [6.07, 6.45) is -6.21. The van der Waals surface area contributed by atoms with Crippen LogP contribution in [0.1, 0.15) is 30.4 Å². The van der Waals surface area contributed by atoms with Gasteiger partial charge < -0.3 is 4.90 Å². The zero-order valence-corrected chi connectivity index (χ0v) is 11.6. The highest BCUT2D eigenvalue weighted by Crippen LogP contribution is 2.34. The van der Waals surface area contributed by atoms with E-state index in [1.807, 2.05) is 0 Å². The number of alkyl halides is 6. The number of piperidine rings is 1. The summed E-state index contributed by atoms with van der Waals surface area (Å²) >= 11 is 0. The molecule has 2 rings (SSSR count). The van der Waals surface area contributed by atoms with Crippen LogP contribution in [0.2, 0.25) is 0 Å². The molecule has 0 saturated carbocycles. The average Bonchev–Trinajstić information content (AvgIpc) is 2.44. The van der Waals surface area contributed by atoms with Crippen LogP contribution in [-0.4, -0.2) is 24.2 Å². The third-order valence-corrected chi connectivity index (χ3v) is 3.50. The predicted octanol–water partition coefficient (Wildman–Crippen LogP) is 5.09. The second-order valence-electron chi connectivity index (χ2n) is 5.20. The van der Waals surface area contributed by atoms with Crippen molar-refractivity contribution in [3.63, 3.8) is 0 Å². The van der Waals surface area contributed by atoms with E-state index in [1.165, 1.54) is 11.0 Å². The minimum Gasteiger partial charge on any atom is -0.368 e. The lowest BCUT2D eigenvalue weighted by atomic mass is 10.1. The van der Waals surface area contributed by atoms with Gasteiger partial charge in [0.25, 0.3) is 0 Å². The Hall–Kier alpha value is -1.66. The van der Waals surface area contributed by atoms with Gasteiger partial charge in [0, 0.05) is 13.1 Å². The molecule has 0 aromatic heterocycles. The Bertz CT molecular complexity index is 538. The average molecular weight is 323 g/mol. The maximum absolute atomic E-state index is 13.2. The van der Waals surface area contributed by atoms with E-state index in [0.29, 0.717) is 12.8 Å². The summed E-state index contributed by atoms with van der Waals surface area (Å²) in [6, 6.07) is 3.92. The first kappa shape index (κ1) is 16.7. The van der Waals surface area contributed by atoms with Gasteiger partial charge in [0.1, 0.15) is 5.70 Å². The number of rotatable bonds is 2. The Labute approximate surface area is 124 Å². The van der Waals surface area contributed by atoms with Crippen LogP contribution < -0.4 is 0 Å². The number of nitrogens with zero attached hydrogens (tertiary/aromatic N) is 1. The number of halogens is 6. The zero-order chi connectivity index (χ0) is 16.4. The van der Waals surface area contributed by atoms with E-state index in [0.717, 1.165) is 30.7 Å². The van der Waals surface area contributed by atoms with Crippen LogP contribution in [-0.2, 0) is 6.18 Å². The number of allylic oxidation sites excluding steroid dienone is 1. The molecule has 22 heavy (non-hydrogen) atoms. The first-order valence-electron chi connectivity index (χ1n) is 6.89. The maximum Gasteiger partial charge on any atom is 0.431 e. The molecule has 1 aromatic carbocycles. The molecule has 1 aliphatic heterocycles. The number of hydrogen-bond acceptors (Lipinski definition) is 1. The lowest BCUT2D eigenvalue weighted by molar-refractivity contribution is -0.137. The number of hydrogen-bond donors (Lipinski definition) is 0. The summed E-state index contributed by atoms with van der Waals surface area (Å²) < 4.78 is 77.5. The molecule has 0 bridgehead atoms. The molecule has 0 radical (unpaired) electrons. The Balaban J connectivity index is 2.37. The molecular formula is C15H15F6N. The molecule has 1 nitrogen and oxygen atoms in total. The van der Waals surface area contributed by atoms with Crippen LogP contribution in [0.4, 0.5) is 26.3 Å². The van der Waals surface area contributed by atoms with E-state index in [2.05, 4.69) is 0 Å². The summed E-state index contributed by atoms with van der Waals surface area (Å²) in [7, 11) is 0. The third kappa shape index (κ3) is 4.18. The van der Waals surface area contributed by atoms with Crippen molar-refractivity contribution in [3.05, 3.63) is 41.1 Å². The summed E-state index contributed by atoms with van der Waals surface area (Å²) in [6.45, 7) is 0.536. The van der Waals surface area contributed by atoms with Gasteiger partial charge in [0.05, 0.1) is 5.56 Å². The maximum atomic E-state index is 13.2. The Morgan fingerprint density at radius 3 is 2.14 bits per heavy atom. The fourth-order valence-corrected chi connectivity index (χ4v) is 2.45. The third-order valence-electron chi connectivity index (χ3n) is 3.50. The minimum atomic E-state index is -4.59. The molecule has 122 valence electrons. The molecule has 7 heteroatoms. The topological polar surface area (TPSA) is 3.24 Å². The van der Waals surface area contributed by atoms with Gasteiger partial charge in [-0.05, 0) is 43.0 Å². The molecule has 1 fully saturated rings. The van der Waals surface area contributed by atoms with Crippen molar-refractivity contribution in [1.82, 2.24) is 4.90 Å². The van der Waals surface area contributed by atoms with Gasteiger partial charge in [0.15, 0.2) is 0 Å². The van der Waals surface area contributed by atoms with Gasteiger partial charge in [0.2, 0.25) is 0 Å². The highest BCUT2D eigenvalue weighted by atomic mass is 19.4. The summed E-state index contributed by atoms with van der Waals surface area (Å²) in [5.74, 6) is 0. The first-order valence-corrected chi connectivity index (χ1v) is 6.89. The lowest BCUT2D eigenvalue weighted by Gasteiger charge is -2.32. The monoisotopic (exact) mass is 323 g/mol. The van der Waals surface area contributed by atoms with E-state index < -0.39 is 23.6 Å². The number of benzene rings is 1. The van der Waals surface area contributed by atoms with Crippen molar-refractivity contribution in [2.75, 3.05) is 13.1 Å². The molecule has 1 heterocycles. The second kappa shape index (κ2) is 6.22. The zero-order valence-electron chi connectivity index (χ0n) is 11.6. The Morgan fingerprint density at radius 1 is 0.955 bits per heavy atom. The largest absolute Gasteiger partial charge is 0.431 e. The molecule has 0 atom stereocenters. The normalized spacial score (nSPS) is 17.7. The van der Waals surface area contributed by atoms with E-state index in [1.54, 1.807) is 0 Å². The highest BCUT2D eigenvalue weighted by molar-refractivity contribution is 5.55. The Kier molecular flexibility index (Phi) is 4.72. The van der Waals surface area contributed by atoms with Gasteiger partial charge in [-0.25, -0.2) is 0 Å². The first-order chi connectivity index (χ1) is 10.2. The molecule has 1 aromatic rings. The van der Waals surface area contributed by atoms with E-state index in [-0.39, 0.29) is 18.7 Å². The van der Waals surface area contributed by atoms with Crippen LogP contribution in [0.3, 0.4) is 0 Å². The molecular weight excluding hydrogens is 308 g/mol. The fourth-order valence-electron chi connectivity index (χ4n) is 2.45. The van der Waals surface area contributed by atoms with Crippen LogP contribution >= 0.6 is 0 Å². The van der Waals surface area contributed by atoms with Crippen molar-refractivity contribution in [2.45, 2.75) is 31.6 Å². The summed E-state index contributed by atoms with van der Waals surface area (Å²) in [5, 5.41) is 0. The smallest absolute Gasteiger partial charge is 0.368 e. The van der Waals surface area contributed by atoms with Gasteiger partial charge >= 0.3 is 12.4 Å². The van der Waals surface area contributed by atoms with Gasteiger partial charge in [-0.15, -0.1) is 0 Å². The summed E-state index contributed by atoms with van der Waals surface area (Å²) in [4.78, 5) is 1.20. The highest BCUT2D eigenvalue weighted by Gasteiger charge is 2.38. The van der Waals surface area contributed by atoms with Crippen LogP contribution in [0.15, 0.2) is 30.0 Å². The molecule has 1 saturated heterocycles. The standard InChI is InChI=1S/C15H15F6N/c16-14(17,18)12-6-4-5-11(9-12)10-13(15(19,20)21)22-7-2-1-3-8-22/h4-6,9-10H,1-3,7-8H2/b13-10+. The van der Waals surface area contributed by atoms with Crippen molar-refractivity contribution < 1.29 is 26.3 Å². The van der Waals surface area contributed by atoms with Crippen LogP contribution in [0, 0.1) is 0 Å². The van der Waals surface area contributed by atoms with E-state index in [4.69, 9.17) is 0 Å². The van der Waals surface area contributed by atoms with Crippen LogP contribution in [0.5, 0.6) is 0 Å². The quantitative estimate of drug-likeness (QED) is 0.685. The van der Waals surface area contributed by atoms with Crippen molar-refractivity contribution in [1.29, 1.82) is 0 Å². The van der Waals surface area contributed by atoms with Gasteiger partial charge in [-0.3, -0.25) is 0 Å². The molecule has 0 aliphatic carbocycles. The second-order valence-corrected chi connectivity index (χ2v) is 5.20. The van der Waals surface area contributed by atoms with E-state index >= 15 is 0 Å². The van der Waals surface area contributed by atoms with Crippen molar-refractivity contribution >= 4 is 6.08 Å². The summed E-state index contributed by atoms with van der Waals surface area (Å²) in [5.41, 5.74) is -1.94. The molecule has 1 aliphatic rings.